The highest BCUT2D eigenvalue weighted by Gasteiger charge is 2.18. The Hall–Kier alpha value is -3.10. The lowest BCUT2D eigenvalue weighted by molar-refractivity contribution is -0.119. The number of nitrogens with zero attached hydrogens (tertiary/aromatic N) is 2. The van der Waals surface area contributed by atoms with E-state index in [2.05, 4.69) is 10.3 Å². The van der Waals surface area contributed by atoms with Crippen LogP contribution in [0.2, 0.25) is 0 Å². The van der Waals surface area contributed by atoms with Crippen LogP contribution in [0.15, 0.2) is 65.0 Å². The van der Waals surface area contributed by atoms with Crippen LogP contribution in [0.3, 0.4) is 0 Å². The fraction of sp³-hybridized carbons (Fsp3) is 0.174. The van der Waals surface area contributed by atoms with Crippen LogP contribution in [0.4, 0.5) is 0 Å². The number of aromatic nitrogens is 2. The molecule has 0 aliphatic carbocycles. The van der Waals surface area contributed by atoms with Gasteiger partial charge in [0.05, 0.1) is 22.2 Å². The van der Waals surface area contributed by atoms with E-state index >= 15 is 0 Å². The Morgan fingerprint density at radius 3 is 2.87 bits per heavy atom. The van der Waals surface area contributed by atoms with Crippen LogP contribution in [0.25, 0.3) is 21.6 Å². The largest absolute Gasteiger partial charge is 0.454 e. The van der Waals surface area contributed by atoms with Gasteiger partial charge in [-0.1, -0.05) is 42.1 Å². The molecule has 0 fully saturated rings. The summed E-state index contributed by atoms with van der Waals surface area (Å²) in [6.45, 7) is 2.19. The van der Waals surface area contributed by atoms with Crippen LogP contribution in [-0.2, 0) is 4.79 Å². The molecule has 0 saturated heterocycles. The molecule has 1 atom stereocenters. The van der Waals surface area contributed by atoms with E-state index in [1.165, 1.54) is 11.8 Å². The normalized spacial score (nSPS) is 13.3. The van der Waals surface area contributed by atoms with Crippen molar-refractivity contribution in [2.45, 2.75) is 18.0 Å². The van der Waals surface area contributed by atoms with Crippen molar-refractivity contribution in [1.82, 2.24) is 15.3 Å². The van der Waals surface area contributed by atoms with Crippen molar-refractivity contribution in [3.05, 3.63) is 65.5 Å². The molecule has 0 spiro atoms. The van der Waals surface area contributed by atoms with E-state index < -0.39 is 0 Å². The van der Waals surface area contributed by atoms with Crippen molar-refractivity contribution >= 4 is 39.9 Å². The molecule has 31 heavy (non-hydrogen) atoms. The summed E-state index contributed by atoms with van der Waals surface area (Å²) < 4.78 is 10.8. The highest BCUT2D eigenvalue weighted by Crippen LogP contribution is 2.34. The molecule has 4 aromatic rings. The quantitative estimate of drug-likeness (QED) is 0.328. The van der Waals surface area contributed by atoms with Crippen molar-refractivity contribution in [3.8, 4) is 22.2 Å². The lowest BCUT2D eigenvalue weighted by Gasteiger charge is -2.15. The number of ether oxygens (including phenoxy) is 2. The van der Waals surface area contributed by atoms with Crippen molar-refractivity contribution < 1.29 is 14.3 Å². The van der Waals surface area contributed by atoms with E-state index in [9.17, 15) is 4.79 Å². The molecule has 156 valence electrons. The predicted molar refractivity (Wildman–Crippen MR) is 123 cm³/mol. The Morgan fingerprint density at radius 2 is 2.00 bits per heavy atom. The summed E-state index contributed by atoms with van der Waals surface area (Å²) in [6, 6.07) is 17.4. The maximum absolute atomic E-state index is 12.7. The van der Waals surface area contributed by atoms with E-state index in [0.29, 0.717) is 11.6 Å². The fourth-order valence-corrected chi connectivity index (χ4v) is 4.84. The van der Waals surface area contributed by atoms with E-state index in [4.69, 9.17) is 14.5 Å². The zero-order valence-corrected chi connectivity index (χ0v) is 18.3. The standard InChI is InChI=1S/C23H19N3O3S2/c1-14(15-8-9-18-19(11-15)29-13-28-18)24-21(27)12-31-23-16-5-2-3-6-17(16)25-22(26-23)20-7-4-10-30-20/h2-11,14H,12-13H2,1H3,(H,24,27). The Morgan fingerprint density at radius 1 is 1.13 bits per heavy atom. The van der Waals surface area contributed by atoms with Crippen molar-refractivity contribution in [2.75, 3.05) is 12.5 Å². The van der Waals surface area contributed by atoms with Crippen molar-refractivity contribution in [1.29, 1.82) is 0 Å². The van der Waals surface area contributed by atoms with E-state index in [0.717, 1.165) is 32.1 Å². The molecule has 0 radical (unpaired) electrons. The molecule has 3 heterocycles. The minimum absolute atomic E-state index is 0.0597. The van der Waals surface area contributed by atoms with Crippen LogP contribution in [0.5, 0.6) is 11.5 Å². The van der Waals surface area contributed by atoms with Gasteiger partial charge in [0, 0.05) is 5.39 Å². The SMILES string of the molecule is CC(NC(=O)CSc1nc(-c2cccs2)nc2ccccc12)c1ccc2c(c1)OCO2. The number of thiophene rings is 1. The first-order valence-electron chi connectivity index (χ1n) is 9.80. The van der Waals surface area contributed by atoms with Gasteiger partial charge >= 0.3 is 0 Å². The van der Waals surface area contributed by atoms with E-state index in [-0.39, 0.29) is 24.5 Å². The predicted octanol–water partition coefficient (Wildman–Crippen LogP) is 5.06. The zero-order chi connectivity index (χ0) is 21.2. The third kappa shape index (κ3) is 4.22. The number of nitrogens with one attached hydrogen (secondary N) is 1. The molecule has 0 saturated carbocycles. The number of hydrogen-bond donors (Lipinski definition) is 1. The lowest BCUT2D eigenvalue weighted by Crippen LogP contribution is -2.28. The van der Waals surface area contributed by atoms with Gasteiger partial charge < -0.3 is 14.8 Å². The first-order chi connectivity index (χ1) is 15.2. The van der Waals surface area contributed by atoms with Gasteiger partial charge in [-0.05, 0) is 42.1 Å². The molecule has 8 heteroatoms. The average Bonchev–Trinajstić information content (AvgIpc) is 3.48. The molecule has 1 N–H and O–H groups in total. The molecule has 1 unspecified atom stereocenters. The van der Waals surface area contributed by atoms with Crippen LogP contribution in [0.1, 0.15) is 18.5 Å². The smallest absolute Gasteiger partial charge is 0.231 e. The average molecular weight is 450 g/mol. The highest BCUT2D eigenvalue weighted by molar-refractivity contribution is 8.00. The molecule has 2 aromatic heterocycles. The Bertz CT molecular complexity index is 1240. The summed E-state index contributed by atoms with van der Waals surface area (Å²) in [4.78, 5) is 23.1. The monoisotopic (exact) mass is 449 g/mol. The number of fused-ring (bicyclic) bond motifs is 2. The Kier molecular flexibility index (Phi) is 5.48. The van der Waals surface area contributed by atoms with Gasteiger partial charge in [0.15, 0.2) is 17.3 Å². The maximum atomic E-state index is 12.7. The van der Waals surface area contributed by atoms with Crippen LogP contribution in [0, 0.1) is 0 Å². The number of carbonyl (C=O) groups excluding carboxylic acids is 1. The Labute approximate surface area is 187 Å². The van der Waals surface area contributed by atoms with E-state index in [1.54, 1.807) is 11.3 Å². The number of thioether (sulfide) groups is 1. The van der Waals surface area contributed by atoms with E-state index in [1.807, 2.05) is 66.9 Å². The molecule has 1 amide bonds. The molecule has 1 aliphatic rings. The van der Waals surface area contributed by atoms with Gasteiger partial charge in [-0.15, -0.1) is 11.3 Å². The maximum Gasteiger partial charge on any atom is 0.231 e. The molecule has 0 bridgehead atoms. The fourth-order valence-electron chi connectivity index (χ4n) is 3.36. The number of carbonyl (C=O) groups is 1. The lowest BCUT2D eigenvalue weighted by atomic mass is 10.1. The molecular weight excluding hydrogens is 430 g/mol. The second-order valence-corrected chi connectivity index (χ2v) is 8.95. The van der Waals surface area contributed by atoms with Gasteiger partial charge in [0.25, 0.3) is 0 Å². The minimum Gasteiger partial charge on any atom is -0.454 e. The number of rotatable bonds is 6. The van der Waals surface area contributed by atoms with Crippen LogP contribution < -0.4 is 14.8 Å². The number of benzene rings is 2. The first-order valence-corrected chi connectivity index (χ1v) is 11.7. The summed E-state index contributed by atoms with van der Waals surface area (Å²) in [7, 11) is 0. The summed E-state index contributed by atoms with van der Waals surface area (Å²) in [6.07, 6.45) is 0. The first kappa shape index (κ1) is 19.8. The summed E-state index contributed by atoms with van der Waals surface area (Å²) >= 11 is 3.02. The molecule has 6 nitrogen and oxygen atoms in total. The second kappa shape index (κ2) is 8.56. The summed E-state index contributed by atoms with van der Waals surface area (Å²) in [5.74, 6) is 2.33. The Balaban J connectivity index is 1.30. The number of hydrogen-bond acceptors (Lipinski definition) is 7. The third-order valence-electron chi connectivity index (χ3n) is 4.92. The third-order valence-corrected chi connectivity index (χ3v) is 6.78. The highest BCUT2D eigenvalue weighted by atomic mass is 32.2. The second-order valence-electron chi connectivity index (χ2n) is 7.04. The molecule has 2 aromatic carbocycles. The molecule has 1 aliphatic heterocycles. The van der Waals surface area contributed by atoms with Crippen molar-refractivity contribution in [3.63, 3.8) is 0 Å². The van der Waals surface area contributed by atoms with Gasteiger partial charge in [0.1, 0.15) is 5.03 Å². The van der Waals surface area contributed by atoms with Gasteiger partial charge in [-0.25, -0.2) is 9.97 Å². The van der Waals surface area contributed by atoms with Gasteiger partial charge in [0.2, 0.25) is 12.7 Å². The number of amides is 1. The van der Waals surface area contributed by atoms with Crippen LogP contribution >= 0.6 is 23.1 Å². The summed E-state index contributed by atoms with van der Waals surface area (Å²) in [5.41, 5.74) is 1.84. The zero-order valence-electron chi connectivity index (χ0n) is 16.7. The van der Waals surface area contributed by atoms with Gasteiger partial charge in [-0.3, -0.25) is 4.79 Å². The van der Waals surface area contributed by atoms with Gasteiger partial charge in [-0.2, -0.15) is 0 Å². The topological polar surface area (TPSA) is 73.3 Å². The molecule has 5 rings (SSSR count). The minimum atomic E-state index is -0.147. The van der Waals surface area contributed by atoms with Crippen LogP contribution in [-0.4, -0.2) is 28.4 Å². The van der Waals surface area contributed by atoms with Crippen molar-refractivity contribution in [2.24, 2.45) is 0 Å². The summed E-state index contributed by atoms with van der Waals surface area (Å²) in [5, 5.41) is 6.81. The number of para-hydroxylation sites is 1. The molecular formula is C23H19N3O3S2.